The molecule has 0 radical (unpaired) electrons. The number of hydrogen-bond donors (Lipinski definition) is 0. The molecule has 9 aromatic carbocycles. The van der Waals surface area contributed by atoms with Crippen LogP contribution in [0.3, 0.4) is 0 Å². The molecule has 0 aromatic heterocycles. The van der Waals surface area contributed by atoms with Crippen molar-refractivity contribution in [3.05, 3.63) is 236 Å². The summed E-state index contributed by atoms with van der Waals surface area (Å²) in [7, 11) is 10.2. The largest absolute Gasteiger partial charge is 0.497 e. The molecule has 0 bridgehead atoms. The zero-order valence-corrected chi connectivity index (χ0v) is 43.9. The first-order chi connectivity index (χ1) is 37.2. The van der Waals surface area contributed by atoms with E-state index in [1.807, 2.05) is 60.7 Å². The fraction of sp³-hybridized carbons (Fsp3) is 0.134. The number of rotatable bonds is 18. The molecule has 0 aliphatic heterocycles. The van der Waals surface area contributed by atoms with Gasteiger partial charge in [0.05, 0.1) is 41.2 Å². The van der Waals surface area contributed by atoms with Crippen LogP contribution < -0.4 is 38.4 Å². The van der Waals surface area contributed by atoms with E-state index in [1.165, 1.54) is 0 Å². The van der Waals surface area contributed by atoms with Crippen molar-refractivity contribution in [2.75, 3.05) is 57.4 Å². The average Bonchev–Trinajstić information content (AvgIpc) is 3.51. The molecule has 10 rings (SSSR count). The summed E-state index contributed by atoms with van der Waals surface area (Å²) in [6, 6.07) is 74.0. The molecule has 1 aliphatic carbocycles. The number of nitrogens with zero attached hydrogens (tertiary/aromatic N) is 3. The summed E-state index contributed by atoms with van der Waals surface area (Å²) in [5.74, 6) is 3.98. The van der Waals surface area contributed by atoms with Crippen LogP contribution in [-0.2, 0) is 4.74 Å². The molecule has 9 heteroatoms. The Morgan fingerprint density at radius 1 is 0.303 bits per heavy atom. The van der Waals surface area contributed by atoms with Crippen molar-refractivity contribution in [3.63, 3.8) is 0 Å². The number of allylic oxidation sites excluding steroid dienone is 1. The second kappa shape index (κ2) is 22.5. The lowest BCUT2D eigenvalue weighted by molar-refractivity contribution is 0.0502. The minimum atomic E-state index is -0.360. The van der Waals surface area contributed by atoms with Crippen LogP contribution in [0, 0.1) is 0 Å². The van der Waals surface area contributed by atoms with E-state index in [-0.39, 0.29) is 5.60 Å². The summed E-state index contributed by atoms with van der Waals surface area (Å²) in [5, 5.41) is 0. The van der Waals surface area contributed by atoms with E-state index in [1.54, 1.807) is 42.7 Å². The van der Waals surface area contributed by atoms with E-state index >= 15 is 0 Å². The van der Waals surface area contributed by atoms with Gasteiger partial charge in [-0.05, 0) is 222 Å². The fourth-order valence-electron chi connectivity index (χ4n) is 9.56. The number of benzene rings is 9. The van der Waals surface area contributed by atoms with E-state index in [4.69, 9.17) is 28.4 Å². The highest BCUT2D eigenvalue weighted by atomic mass is 16.5. The predicted octanol–water partition coefficient (Wildman–Crippen LogP) is 17.1. The Labute approximate surface area is 446 Å². The molecule has 0 amide bonds. The van der Waals surface area contributed by atoms with Crippen LogP contribution in [-0.4, -0.2) is 48.3 Å². The van der Waals surface area contributed by atoms with Crippen LogP contribution in [0.15, 0.2) is 236 Å². The van der Waals surface area contributed by atoms with E-state index < -0.39 is 0 Å². The SMILES string of the molecule is COc1ccc(N(C2=CCC(C)(OC)C=C2)c2ccc(-c3cc(-c4ccc(N(c5ccc(OC)cc5)c5ccc(OC)cc5)cc4)cc(-c4ccc(N(c5ccc(OC)cc5)c5ccc(OC)cc5)cc4)c3)cc2)cc1. The van der Waals surface area contributed by atoms with Crippen molar-refractivity contribution in [2.45, 2.75) is 18.9 Å². The Morgan fingerprint density at radius 2 is 0.539 bits per heavy atom. The quantitative estimate of drug-likeness (QED) is 0.0836. The van der Waals surface area contributed by atoms with E-state index in [0.717, 1.165) is 120 Å². The molecule has 0 N–H and O–H groups in total. The lowest BCUT2D eigenvalue weighted by atomic mass is 9.92. The fourth-order valence-corrected chi connectivity index (χ4v) is 9.56. The topological polar surface area (TPSA) is 65.1 Å². The van der Waals surface area contributed by atoms with Crippen molar-refractivity contribution < 1.29 is 28.4 Å². The highest BCUT2D eigenvalue weighted by Gasteiger charge is 2.25. The first-order valence-electron chi connectivity index (χ1n) is 25.2. The Bertz CT molecular complexity index is 3180. The van der Waals surface area contributed by atoms with Gasteiger partial charge in [-0.15, -0.1) is 0 Å². The van der Waals surface area contributed by atoms with Crippen LogP contribution in [0.5, 0.6) is 28.7 Å². The molecular weight excluding hydrogens is 943 g/mol. The van der Waals surface area contributed by atoms with Gasteiger partial charge in [0.2, 0.25) is 0 Å². The second-order valence-electron chi connectivity index (χ2n) is 18.6. The van der Waals surface area contributed by atoms with Crippen LogP contribution in [0.4, 0.5) is 45.5 Å². The molecule has 1 unspecified atom stereocenters. The second-order valence-corrected chi connectivity index (χ2v) is 18.6. The van der Waals surface area contributed by atoms with Crippen molar-refractivity contribution in [3.8, 4) is 62.1 Å². The highest BCUT2D eigenvalue weighted by molar-refractivity contribution is 5.86. The summed E-state index contributed by atoms with van der Waals surface area (Å²) < 4.78 is 33.5. The Balaban J connectivity index is 1.05. The van der Waals surface area contributed by atoms with Crippen LogP contribution in [0.25, 0.3) is 33.4 Å². The van der Waals surface area contributed by atoms with Gasteiger partial charge >= 0.3 is 0 Å². The van der Waals surface area contributed by atoms with Crippen molar-refractivity contribution >= 4 is 45.5 Å². The van der Waals surface area contributed by atoms with Gasteiger partial charge in [-0.25, -0.2) is 0 Å². The summed E-state index contributed by atoms with van der Waals surface area (Å²) in [6.45, 7) is 2.11. The lowest BCUT2D eigenvalue weighted by Gasteiger charge is -2.32. The molecule has 0 saturated heterocycles. The standard InChI is InChI=1S/C67H61N3O6/c1-67(76-7)42-40-61(41-43-67)70(60-28-38-66(75-6)39-29-60)55-18-12-49(13-19-55)52-45-50(47-8-14-53(15-9-47)68(56-20-30-62(71-2)31-21-56)57-22-32-63(72-3)33-23-57)44-51(46-52)48-10-16-54(17-11-48)69(58-24-34-64(73-4)35-25-58)59-26-36-65(74-5)37-27-59/h8-42,44-46H,43H2,1-7H3. The molecule has 0 spiro atoms. The van der Waals surface area contributed by atoms with Gasteiger partial charge in [-0.2, -0.15) is 0 Å². The maximum Gasteiger partial charge on any atom is 0.119 e. The first kappa shape index (κ1) is 50.4. The first-order valence-corrected chi connectivity index (χ1v) is 25.2. The molecule has 76 heavy (non-hydrogen) atoms. The lowest BCUT2D eigenvalue weighted by Crippen LogP contribution is -2.27. The zero-order chi connectivity index (χ0) is 52.6. The number of anilines is 8. The average molecular weight is 1000 g/mol. The molecule has 0 fully saturated rings. The molecule has 0 heterocycles. The van der Waals surface area contributed by atoms with Crippen LogP contribution >= 0.6 is 0 Å². The van der Waals surface area contributed by atoms with Gasteiger partial charge in [0.1, 0.15) is 28.7 Å². The summed E-state index contributed by atoms with van der Waals surface area (Å²) in [6.07, 6.45) is 7.29. The maximum absolute atomic E-state index is 5.84. The summed E-state index contributed by atoms with van der Waals surface area (Å²) in [5.41, 5.74) is 15.3. The monoisotopic (exact) mass is 1000 g/mol. The molecule has 1 aliphatic rings. The minimum absolute atomic E-state index is 0.360. The van der Waals surface area contributed by atoms with Gasteiger partial charge in [0.15, 0.2) is 0 Å². The molecule has 9 aromatic rings. The third-order valence-corrected chi connectivity index (χ3v) is 14.0. The van der Waals surface area contributed by atoms with Crippen molar-refractivity contribution in [2.24, 2.45) is 0 Å². The van der Waals surface area contributed by atoms with Gasteiger partial charge in [0.25, 0.3) is 0 Å². The van der Waals surface area contributed by atoms with Crippen molar-refractivity contribution in [1.29, 1.82) is 0 Å². The minimum Gasteiger partial charge on any atom is -0.497 e. The van der Waals surface area contributed by atoms with Crippen LogP contribution in [0.2, 0.25) is 0 Å². The van der Waals surface area contributed by atoms with Gasteiger partial charge in [0, 0.05) is 64.7 Å². The molecule has 9 nitrogen and oxygen atoms in total. The van der Waals surface area contributed by atoms with Crippen LogP contribution in [0.1, 0.15) is 13.3 Å². The number of hydrogen-bond acceptors (Lipinski definition) is 9. The number of methoxy groups -OCH3 is 6. The Kier molecular flexibility index (Phi) is 14.9. The smallest absolute Gasteiger partial charge is 0.119 e. The van der Waals surface area contributed by atoms with Gasteiger partial charge in [-0.3, -0.25) is 0 Å². The molecule has 1 atom stereocenters. The third-order valence-electron chi connectivity index (χ3n) is 14.0. The Morgan fingerprint density at radius 3 is 0.750 bits per heavy atom. The predicted molar refractivity (Wildman–Crippen MR) is 311 cm³/mol. The zero-order valence-electron chi connectivity index (χ0n) is 43.9. The maximum atomic E-state index is 5.84. The highest BCUT2D eigenvalue weighted by Crippen LogP contribution is 2.42. The summed E-state index contributed by atoms with van der Waals surface area (Å²) >= 11 is 0. The van der Waals surface area contributed by atoms with E-state index in [0.29, 0.717) is 0 Å². The number of ether oxygens (including phenoxy) is 6. The molecular formula is C67H61N3O6. The summed E-state index contributed by atoms with van der Waals surface area (Å²) in [4.78, 5) is 6.75. The van der Waals surface area contributed by atoms with E-state index in [9.17, 15) is 0 Å². The third kappa shape index (κ3) is 10.9. The molecule has 0 saturated carbocycles. The van der Waals surface area contributed by atoms with E-state index in [2.05, 4.69) is 192 Å². The van der Waals surface area contributed by atoms with Gasteiger partial charge < -0.3 is 43.1 Å². The van der Waals surface area contributed by atoms with Crippen molar-refractivity contribution in [1.82, 2.24) is 0 Å². The van der Waals surface area contributed by atoms with Gasteiger partial charge in [-0.1, -0.05) is 48.6 Å². The normalized spacial score (nSPS) is 13.8. The molecule has 380 valence electrons. The Hall–Kier alpha value is -9.18.